The SMILES string of the molecule is C[C@@]12OC(O)[C@]1([C@@H](O)[C@H]1CCC[C@H](Cl)[C@H]1O)NC(=O)[C@@H]2CCCl. The van der Waals surface area contributed by atoms with Gasteiger partial charge in [0.2, 0.25) is 5.91 Å². The average Bonchev–Trinajstić information content (AvgIpc) is 2.67. The maximum Gasteiger partial charge on any atom is 0.226 e. The molecule has 2 heterocycles. The molecular weight excluding hydrogens is 345 g/mol. The molecule has 1 saturated carbocycles. The lowest BCUT2D eigenvalue weighted by atomic mass is 9.63. The van der Waals surface area contributed by atoms with Crippen LogP contribution in [0, 0.1) is 11.8 Å². The summed E-state index contributed by atoms with van der Waals surface area (Å²) in [5, 5.41) is 33.9. The van der Waals surface area contributed by atoms with Crippen LogP contribution in [0.25, 0.3) is 0 Å². The Morgan fingerprint density at radius 2 is 2.13 bits per heavy atom. The third-order valence-corrected chi connectivity index (χ3v) is 6.67. The number of hydrogen-bond donors (Lipinski definition) is 4. The van der Waals surface area contributed by atoms with E-state index in [0.29, 0.717) is 19.3 Å². The Morgan fingerprint density at radius 1 is 1.43 bits per heavy atom. The Balaban J connectivity index is 1.91. The Labute approximate surface area is 145 Å². The largest absolute Gasteiger partial charge is 0.391 e. The van der Waals surface area contributed by atoms with E-state index in [2.05, 4.69) is 5.32 Å². The highest BCUT2D eigenvalue weighted by Gasteiger charge is 2.77. The highest BCUT2D eigenvalue weighted by Crippen LogP contribution is 2.56. The zero-order chi connectivity index (χ0) is 17.0. The quantitative estimate of drug-likeness (QED) is 0.537. The molecule has 2 aliphatic heterocycles. The van der Waals surface area contributed by atoms with Crippen molar-refractivity contribution in [2.24, 2.45) is 11.8 Å². The predicted molar refractivity (Wildman–Crippen MR) is 84.2 cm³/mol. The summed E-state index contributed by atoms with van der Waals surface area (Å²) in [6.45, 7) is 1.70. The lowest BCUT2D eigenvalue weighted by Crippen LogP contribution is -2.82. The summed E-state index contributed by atoms with van der Waals surface area (Å²) < 4.78 is 5.50. The van der Waals surface area contributed by atoms with E-state index in [1.165, 1.54) is 0 Å². The number of rotatable bonds is 4. The zero-order valence-corrected chi connectivity index (χ0v) is 14.4. The molecule has 0 spiro atoms. The van der Waals surface area contributed by atoms with E-state index in [4.69, 9.17) is 27.9 Å². The monoisotopic (exact) mass is 367 g/mol. The van der Waals surface area contributed by atoms with Crippen LogP contribution in [-0.2, 0) is 9.53 Å². The maximum atomic E-state index is 12.4. The van der Waals surface area contributed by atoms with Crippen molar-refractivity contribution in [2.45, 2.75) is 67.6 Å². The van der Waals surface area contributed by atoms with Gasteiger partial charge in [0.25, 0.3) is 0 Å². The van der Waals surface area contributed by atoms with Gasteiger partial charge in [-0.2, -0.15) is 0 Å². The van der Waals surface area contributed by atoms with Crippen molar-refractivity contribution in [1.29, 1.82) is 0 Å². The van der Waals surface area contributed by atoms with Crippen molar-refractivity contribution in [2.75, 3.05) is 5.88 Å². The second-order valence-electron chi connectivity index (χ2n) is 7.01. The molecular formula is C15H23Cl2NO5. The third-order valence-electron chi connectivity index (χ3n) is 5.98. The molecule has 3 aliphatic rings. The molecule has 0 aromatic carbocycles. The number of carbonyl (C=O) groups is 1. The first kappa shape index (κ1) is 17.7. The Morgan fingerprint density at radius 3 is 2.74 bits per heavy atom. The van der Waals surface area contributed by atoms with Gasteiger partial charge in [-0.15, -0.1) is 23.2 Å². The van der Waals surface area contributed by atoms with Gasteiger partial charge in [0.15, 0.2) is 6.29 Å². The molecule has 8 heteroatoms. The molecule has 0 aromatic rings. The second-order valence-corrected chi connectivity index (χ2v) is 7.95. The second kappa shape index (κ2) is 6.00. The highest BCUT2D eigenvalue weighted by atomic mass is 35.5. The van der Waals surface area contributed by atoms with Crippen molar-refractivity contribution >= 4 is 29.1 Å². The molecule has 1 unspecified atom stereocenters. The molecule has 8 atom stereocenters. The molecule has 0 aromatic heterocycles. The van der Waals surface area contributed by atoms with Gasteiger partial charge < -0.3 is 25.4 Å². The van der Waals surface area contributed by atoms with Crippen LogP contribution in [-0.4, -0.2) is 62.1 Å². The van der Waals surface area contributed by atoms with Crippen molar-refractivity contribution in [3.8, 4) is 0 Å². The first-order valence-electron chi connectivity index (χ1n) is 8.03. The maximum absolute atomic E-state index is 12.4. The van der Waals surface area contributed by atoms with E-state index in [0.717, 1.165) is 6.42 Å². The van der Waals surface area contributed by atoms with E-state index in [-0.39, 0.29) is 11.8 Å². The van der Waals surface area contributed by atoms with Gasteiger partial charge in [-0.1, -0.05) is 6.42 Å². The number of carbonyl (C=O) groups excluding carboxylic acids is 1. The number of alkyl halides is 2. The molecule has 0 radical (unpaired) electrons. The van der Waals surface area contributed by atoms with Crippen LogP contribution in [0.5, 0.6) is 0 Å². The summed E-state index contributed by atoms with van der Waals surface area (Å²) >= 11 is 11.9. The number of halogens is 2. The summed E-state index contributed by atoms with van der Waals surface area (Å²) in [7, 11) is 0. The van der Waals surface area contributed by atoms with Crippen LogP contribution in [0.4, 0.5) is 0 Å². The van der Waals surface area contributed by atoms with E-state index < -0.39 is 46.9 Å². The normalized spacial score (nSPS) is 50.9. The molecule has 132 valence electrons. The Kier molecular flexibility index (Phi) is 4.62. The number of aliphatic hydroxyl groups excluding tert-OH is 3. The summed E-state index contributed by atoms with van der Waals surface area (Å²) in [6.07, 6.45) is -0.961. The Bertz CT molecular complexity index is 494. The molecule has 1 aliphatic carbocycles. The fraction of sp³-hybridized carbons (Fsp3) is 0.933. The topological polar surface area (TPSA) is 99.0 Å². The van der Waals surface area contributed by atoms with Gasteiger partial charge in [0, 0.05) is 11.8 Å². The van der Waals surface area contributed by atoms with Crippen LogP contribution >= 0.6 is 23.2 Å². The zero-order valence-electron chi connectivity index (χ0n) is 12.9. The van der Waals surface area contributed by atoms with Crippen molar-refractivity contribution in [3.63, 3.8) is 0 Å². The summed E-state index contributed by atoms with van der Waals surface area (Å²) in [6, 6.07) is 0. The summed E-state index contributed by atoms with van der Waals surface area (Å²) in [5.74, 6) is -1.10. The number of amides is 1. The van der Waals surface area contributed by atoms with E-state index in [1.54, 1.807) is 6.92 Å². The average molecular weight is 368 g/mol. The minimum absolute atomic E-state index is 0.273. The fourth-order valence-corrected chi connectivity index (χ4v) is 5.14. The number of nitrogens with one attached hydrogen (secondary N) is 1. The molecule has 0 bridgehead atoms. The van der Waals surface area contributed by atoms with Gasteiger partial charge >= 0.3 is 0 Å². The minimum Gasteiger partial charge on any atom is -0.391 e. The van der Waals surface area contributed by atoms with Gasteiger partial charge in [-0.05, 0) is 26.2 Å². The number of aliphatic hydroxyl groups is 3. The summed E-state index contributed by atoms with van der Waals surface area (Å²) in [5.41, 5.74) is -2.39. The van der Waals surface area contributed by atoms with Crippen molar-refractivity contribution < 1.29 is 24.9 Å². The first-order valence-corrected chi connectivity index (χ1v) is 9.00. The smallest absolute Gasteiger partial charge is 0.226 e. The van der Waals surface area contributed by atoms with Crippen LogP contribution < -0.4 is 5.32 Å². The van der Waals surface area contributed by atoms with Crippen LogP contribution in [0.15, 0.2) is 0 Å². The van der Waals surface area contributed by atoms with Crippen LogP contribution in [0.3, 0.4) is 0 Å². The molecule has 2 saturated heterocycles. The standard InChI is InChI=1S/C15H23Cl2NO5/c1-14-8(5-6-16)12(21)18-15(14,13(22)23-14)11(20)7-3-2-4-9(17)10(7)19/h7-11,13,19-20,22H,2-6H2,1H3,(H,18,21)/t7-,8-,9-,10-,11-,13?,14-,15-/m0/s1. The Hall–Kier alpha value is -0.110. The first-order chi connectivity index (χ1) is 10.8. The van der Waals surface area contributed by atoms with Crippen LogP contribution in [0.1, 0.15) is 32.6 Å². The third kappa shape index (κ3) is 2.26. The van der Waals surface area contributed by atoms with Crippen molar-refractivity contribution in [1.82, 2.24) is 5.32 Å². The van der Waals surface area contributed by atoms with Gasteiger partial charge in [-0.3, -0.25) is 4.79 Å². The fourth-order valence-electron chi connectivity index (χ4n) is 4.58. The molecule has 3 fully saturated rings. The predicted octanol–water partition coefficient (Wildman–Crippen LogP) is 0.337. The van der Waals surface area contributed by atoms with Gasteiger partial charge in [-0.25, -0.2) is 0 Å². The van der Waals surface area contributed by atoms with Crippen molar-refractivity contribution in [3.05, 3.63) is 0 Å². The summed E-state index contributed by atoms with van der Waals surface area (Å²) in [4.78, 5) is 12.4. The van der Waals surface area contributed by atoms with Crippen LogP contribution in [0.2, 0.25) is 0 Å². The van der Waals surface area contributed by atoms with E-state index in [1.807, 2.05) is 0 Å². The highest BCUT2D eigenvalue weighted by molar-refractivity contribution is 6.21. The van der Waals surface area contributed by atoms with Gasteiger partial charge in [0.05, 0.1) is 23.5 Å². The van der Waals surface area contributed by atoms with E-state index in [9.17, 15) is 20.1 Å². The molecule has 23 heavy (non-hydrogen) atoms. The molecule has 6 nitrogen and oxygen atoms in total. The molecule has 3 rings (SSSR count). The number of fused-ring (bicyclic) bond motifs is 1. The lowest BCUT2D eigenvalue weighted by Gasteiger charge is -2.60. The molecule has 4 N–H and O–H groups in total. The van der Waals surface area contributed by atoms with E-state index >= 15 is 0 Å². The lowest BCUT2D eigenvalue weighted by molar-refractivity contribution is -0.373. The number of hydrogen-bond acceptors (Lipinski definition) is 5. The number of ether oxygens (including phenoxy) is 1. The molecule has 1 amide bonds. The van der Waals surface area contributed by atoms with Gasteiger partial charge in [0.1, 0.15) is 11.1 Å². The minimum atomic E-state index is -1.33.